The van der Waals surface area contributed by atoms with Crippen molar-refractivity contribution in [1.29, 1.82) is 0 Å². The lowest BCUT2D eigenvalue weighted by Gasteiger charge is -2.42. The normalized spacial score (nSPS) is 18.4. The van der Waals surface area contributed by atoms with Gasteiger partial charge in [-0.15, -0.1) is 0 Å². The molecule has 2 aliphatic rings. The molecule has 30 heavy (non-hydrogen) atoms. The van der Waals surface area contributed by atoms with Crippen LogP contribution in [0.3, 0.4) is 0 Å². The second kappa shape index (κ2) is 8.27. The number of benzene rings is 1. The van der Waals surface area contributed by atoms with Crippen molar-refractivity contribution in [2.75, 3.05) is 43.5 Å². The van der Waals surface area contributed by atoms with E-state index in [1.165, 1.54) is 11.2 Å². The number of imide groups is 1. The third-order valence-electron chi connectivity index (χ3n) is 5.91. The zero-order valence-electron chi connectivity index (χ0n) is 17.0. The van der Waals surface area contributed by atoms with Gasteiger partial charge in [-0.05, 0) is 18.4 Å². The summed E-state index contributed by atoms with van der Waals surface area (Å²) in [4.78, 5) is 39.6. The van der Waals surface area contributed by atoms with Crippen LogP contribution in [-0.2, 0) is 11.3 Å². The summed E-state index contributed by atoms with van der Waals surface area (Å²) < 4.78 is 0. The van der Waals surface area contributed by atoms with Gasteiger partial charge in [0.15, 0.2) is 0 Å². The topological polar surface area (TPSA) is 102 Å². The van der Waals surface area contributed by atoms with Gasteiger partial charge in [-0.2, -0.15) is 0 Å². The maximum absolute atomic E-state index is 13.1. The number of aliphatic hydroxyl groups is 1. The largest absolute Gasteiger partial charge is 0.395 e. The Bertz CT molecular complexity index is 914. The molecular weight excluding hydrogens is 384 g/mol. The van der Waals surface area contributed by atoms with Crippen LogP contribution in [0.5, 0.6) is 0 Å². The average Bonchev–Trinajstić information content (AvgIpc) is 2.95. The second-order valence-electron chi connectivity index (χ2n) is 7.65. The molecule has 158 valence electrons. The number of nitrogens with zero attached hydrogens (tertiary/aromatic N) is 5. The minimum Gasteiger partial charge on any atom is -0.395 e. The van der Waals surface area contributed by atoms with E-state index in [1.807, 2.05) is 36.4 Å². The fourth-order valence-electron chi connectivity index (χ4n) is 4.25. The molecule has 0 unspecified atom stereocenters. The quantitative estimate of drug-likeness (QED) is 0.693. The predicted octanol–water partition coefficient (Wildman–Crippen LogP) is 1.31. The maximum atomic E-state index is 13.1. The summed E-state index contributed by atoms with van der Waals surface area (Å²) in [5, 5.41) is 12.0. The summed E-state index contributed by atoms with van der Waals surface area (Å²) in [6.45, 7) is 2.06. The molecule has 9 nitrogen and oxygen atoms in total. The third-order valence-corrected chi connectivity index (χ3v) is 5.91. The Morgan fingerprint density at radius 1 is 1.13 bits per heavy atom. The third kappa shape index (κ3) is 3.56. The van der Waals surface area contributed by atoms with E-state index in [4.69, 9.17) is 5.11 Å². The molecule has 0 saturated carbocycles. The van der Waals surface area contributed by atoms with Gasteiger partial charge in [-0.3, -0.25) is 9.69 Å². The van der Waals surface area contributed by atoms with Crippen molar-refractivity contribution in [3.63, 3.8) is 0 Å². The molecular formula is C21H26N6O3. The summed E-state index contributed by atoms with van der Waals surface area (Å²) in [6, 6.07) is 11.4. The summed E-state index contributed by atoms with van der Waals surface area (Å²) >= 11 is 0. The molecule has 3 heterocycles. The first-order valence-corrected chi connectivity index (χ1v) is 10.1. The molecule has 2 aliphatic heterocycles. The Morgan fingerprint density at radius 3 is 2.57 bits per heavy atom. The number of carbonyl (C=O) groups is 2. The molecule has 0 radical (unpaired) electrons. The Labute approximate surface area is 175 Å². The highest BCUT2D eigenvalue weighted by atomic mass is 16.3. The molecule has 0 atom stereocenters. The molecule has 1 aromatic carbocycles. The van der Waals surface area contributed by atoms with E-state index in [-0.39, 0.29) is 18.5 Å². The van der Waals surface area contributed by atoms with Crippen molar-refractivity contribution < 1.29 is 14.7 Å². The highest BCUT2D eigenvalue weighted by molar-refractivity contribution is 6.06. The van der Waals surface area contributed by atoms with E-state index in [2.05, 4.69) is 20.2 Å². The van der Waals surface area contributed by atoms with Gasteiger partial charge in [-0.1, -0.05) is 30.3 Å². The number of nitrogens with one attached hydrogen (secondary N) is 1. The van der Waals surface area contributed by atoms with Crippen LogP contribution in [-0.4, -0.2) is 75.6 Å². The van der Waals surface area contributed by atoms with Crippen molar-refractivity contribution in [3.05, 3.63) is 48.3 Å². The van der Waals surface area contributed by atoms with Crippen LogP contribution in [0.25, 0.3) is 0 Å². The van der Waals surface area contributed by atoms with Crippen LogP contribution in [0.2, 0.25) is 0 Å². The Balaban J connectivity index is 1.52. The number of hydrogen-bond acceptors (Lipinski definition) is 7. The summed E-state index contributed by atoms with van der Waals surface area (Å²) in [6.07, 6.45) is 2.56. The number of carbonyl (C=O) groups excluding carboxylic acids is 2. The number of amides is 3. The van der Waals surface area contributed by atoms with Gasteiger partial charge < -0.3 is 20.2 Å². The molecule has 0 aliphatic carbocycles. The van der Waals surface area contributed by atoms with Gasteiger partial charge >= 0.3 is 6.03 Å². The Kier molecular flexibility index (Phi) is 5.54. The highest BCUT2D eigenvalue weighted by Crippen LogP contribution is 2.38. The van der Waals surface area contributed by atoms with E-state index in [1.54, 1.807) is 11.9 Å². The standard InChI is InChI=1S/C21H26N6O3/c1-25-19(29)21(27(20(25)30)14-16-5-3-2-4-6-16)7-10-26(11-8-21)18-13-17(22-9-12-28)23-15-24-18/h2-6,13,15,28H,7-12,14H2,1H3,(H,22,23,24). The van der Waals surface area contributed by atoms with E-state index < -0.39 is 5.54 Å². The molecule has 4 rings (SSSR count). The van der Waals surface area contributed by atoms with E-state index in [9.17, 15) is 9.59 Å². The lowest BCUT2D eigenvalue weighted by atomic mass is 9.85. The van der Waals surface area contributed by atoms with Gasteiger partial charge in [-0.25, -0.2) is 14.8 Å². The van der Waals surface area contributed by atoms with Crippen molar-refractivity contribution in [2.45, 2.75) is 24.9 Å². The van der Waals surface area contributed by atoms with E-state index >= 15 is 0 Å². The van der Waals surface area contributed by atoms with Crippen molar-refractivity contribution in [3.8, 4) is 0 Å². The Hall–Kier alpha value is -3.20. The molecule has 2 N–H and O–H groups in total. The van der Waals surface area contributed by atoms with Crippen molar-refractivity contribution >= 4 is 23.6 Å². The van der Waals surface area contributed by atoms with Gasteiger partial charge in [0, 0.05) is 39.3 Å². The lowest BCUT2D eigenvalue weighted by Crippen LogP contribution is -2.56. The van der Waals surface area contributed by atoms with Crippen molar-refractivity contribution in [2.24, 2.45) is 0 Å². The molecule has 1 spiro atoms. The number of hydrogen-bond donors (Lipinski definition) is 2. The number of aromatic nitrogens is 2. The van der Waals surface area contributed by atoms with E-state index in [0.717, 1.165) is 11.4 Å². The molecule has 2 saturated heterocycles. The second-order valence-corrected chi connectivity index (χ2v) is 7.65. The predicted molar refractivity (Wildman–Crippen MR) is 112 cm³/mol. The smallest absolute Gasteiger partial charge is 0.327 e. The zero-order chi connectivity index (χ0) is 21.1. The number of piperidine rings is 1. The molecule has 0 bridgehead atoms. The zero-order valence-corrected chi connectivity index (χ0v) is 17.0. The first-order chi connectivity index (χ1) is 14.5. The number of rotatable bonds is 6. The van der Waals surface area contributed by atoms with Gasteiger partial charge in [0.1, 0.15) is 23.5 Å². The first-order valence-electron chi connectivity index (χ1n) is 10.1. The van der Waals surface area contributed by atoms with Gasteiger partial charge in [0.05, 0.1) is 6.61 Å². The number of likely N-dealkylation sites (N-methyl/N-ethyl adjacent to an activating group) is 1. The number of urea groups is 1. The average molecular weight is 410 g/mol. The Morgan fingerprint density at radius 2 is 1.87 bits per heavy atom. The fourth-order valence-corrected chi connectivity index (χ4v) is 4.25. The van der Waals surface area contributed by atoms with Crippen LogP contribution in [0.15, 0.2) is 42.7 Å². The number of aliphatic hydroxyl groups excluding tert-OH is 1. The minimum atomic E-state index is -0.816. The van der Waals surface area contributed by atoms with Crippen LogP contribution in [0.1, 0.15) is 18.4 Å². The maximum Gasteiger partial charge on any atom is 0.327 e. The molecule has 9 heteroatoms. The summed E-state index contributed by atoms with van der Waals surface area (Å²) in [5.74, 6) is 1.28. The van der Waals surface area contributed by atoms with Crippen LogP contribution < -0.4 is 10.2 Å². The molecule has 2 aromatic rings. The van der Waals surface area contributed by atoms with Crippen LogP contribution in [0, 0.1) is 0 Å². The highest BCUT2D eigenvalue weighted by Gasteiger charge is 2.56. The van der Waals surface area contributed by atoms with Gasteiger partial charge in [0.25, 0.3) is 5.91 Å². The van der Waals surface area contributed by atoms with Crippen molar-refractivity contribution in [1.82, 2.24) is 19.8 Å². The van der Waals surface area contributed by atoms with Crippen LogP contribution >= 0.6 is 0 Å². The minimum absolute atomic E-state index is 0.0203. The molecule has 1 aromatic heterocycles. The van der Waals surface area contributed by atoms with Crippen LogP contribution in [0.4, 0.5) is 16.4 Å². The number of anilines is 2. The fraction of sp³-hybridized carbons (Fsp3) is 0.429. The summed E-state index contributed by atoms with van der Waals surface area (Å²) in [5.41, 5.74) is 0.189. The SMILES string of the molecule is CN1C(=O)N(Cc2ccccc2)C2(CCN(c3cc(NCCO)ncn3)CC2)C1=O. The lowest BCUT2D eigenvalue weighted by molar-refractivity contribution is -0.133. The van der Waals surface area contributed by atoms with Gasteiger partial charge in [0.2, 0.25) is 0 Å². The molecule has 2 fully saturated rings. The molecule has 3 amide bonds. The first kappa shape index (κ1) is 20.1. The summed E-state index contributed by atoms with van der Waals surface area (Å²) in [7, 11) is 1.56. The monoisotopic (exact) mass is 410 g/mol. The van der Waals surface area contributed by atoms with E-state index in [0.29, 0.717) is 44.8 Å².